The number of hydrogen-bond acceptors (Lipinski definition) is 4. The minimum absolute atomic E-state index is 0.0912. The van der Waals surface area contributed by atoms with E-state index in [2.05, 4.69) is 6.58 Å². The molecule has 0 amide bonds. The molecule has 4 heteroatoms. The van der Waals surface area contributed by atoms with Gasteiger partial charge in [0.05, 0.1) is 6.10 Å². The monoisotopic (exact) mass is 242 g/mol. The molecule has 1 aliphatic heterocycles. The SMILES string of the molecule is C=C(C)[C@H]1OOC2(CCCCC2)O[C@@H]1CCO. The van der Waals surface area contributed by atoms with E-state index in [0.717, 1.165) is 31.3 Å². The molecule has 4 nitrogen and oxygen atoms in total. The lowest BCUT2D eigenvalue weighted by molar-refractivity contribution is -0.502. The van der Waals surface area contributed by atoms with Crippen molar-refractivity contribution in [3.63, 3.8) is 0 Å². The van der Waals surface area contributed by atoms with Gasteiger partial charge in [0.25, 0.3) is 0 Å². The molecule has 2 atom stereocenters. The van der Waals surface area contributed by atoms with Crippen LogP contribution in [-0.4, -0.2) is 29.7 Å². The van der Waals surface area contributed by atoms with Crippen LogP contribution in [0.4, 0.5) is 0 Å². The lowest BCUT2D eigenvalue weighted by Gasteiger charge is -2.45. The van der Waals surface area contributed by atoms with Crippen molar-refractivity contribution in [3.05, 3.63) is 12.2 Å². The Morgan fingerprint density at radius 1 is 1.35 bits per heavy atom. The molecule has 0 radical (unpaired) electrons. The van der Waals surface area contributed by atoms with E-state index in [-0.39, 0.29) is 18.8 Å². The minimum atomic E-state index is -0.579. The third-order valence-electron chi connectivity index (χ3n) is 3.52. The topological polar surface area (TPSA) is 47.9 Å². The van der Waals surface area contributed by atoms with Gasteiger partial charge in [-0.15, -0.1) is 0 Å². The molecule has 1 N–H and O–H groups in total. The molecule has 1 aliphatic carbocycles. The molecule has 0 aromatic carbocycles. The second kappa shape index (κ2) is 5.48. The molecule has 2 rings (SSSR count). The average Bonchev–Trinajstić information content (AvgIpc) is 2.30. The van der Waals surface area contributed by atoms with Crippen LogP contribution in [0.1, 0.15) is 45.4 Å². The van der Waals surface area contributed by atoms with E-state index in [1.54, 1.807) is 0 Å². The van der Waals surface area contributed by atoms with Crippen molar-refractivity contribution in [2.24, 2.45) is 0 Å². The van der Waals surface area contributed by atoms with Crippen molar-refractivity contribution in [1.29, 1.82) is 0 Å². The first kappa shape index (κ1) is 13.0. The first-order valence-corrected chi connectivity index (χ1v) is 6.45. The van der Waals surface area contributed by atoms with Crippen molar-refractivity contribution >= 4 is 0 Å². The normalized spacial score (nSPS) is 32.6. The molecule has 0 aromatic rings. The molecule has 1 saturated carbocycles. The standard InChI is InChI=1S/C13H22O4/c1-10(2)12-11(6-9-14)15-13(17-16-12)7-4-3-5-8-13/h11-12,14H,1,3-9H2,2H3/t11-,12-/m1/s1. The number of hydrogen-bond donors (Lipinski definition) is 1. The predicted octanol–water partition coefficient (Wildman–Crippen LogP) is 2.32. The van der Waals surface area contributed by atoms with E-state index >= 15 is 0 Å². The Hall–Kier alpha value is -0.420. The fourth-order valence-electron chi connectivity index (χ4n) is 2.59. The molecule has 2 aliphatic rings. The second-order valence-electron chi connectivity index (χ2n) is 5.09. The van der Waals surface area contributed by atoms with Gasteiger partial charge in [0, 0.05) is 19.4 Å². The van der Waals surface area contributed by atoms with Crippen LogP contribution in [0.25, 0.3) is 0 Å². The second-order valence-corrected chi connectivity index (χ2v) is 5.09. The van der Waals surface area contributed by atoms with Gasteiger partial charge in [-0.25, -0.2) is 9.78 Å². The molecular formula is C13H22O4. The van der Waals surface area contributed by atoms with Gasteiger partial charge in [-0.2, -0.15) is 0 Å². The van der Waals surface area contributed by atoms with Crippen molar-refractivity contribution in [3.8, 4) is 0 Å². The van der Waals surface area contributed by atoms with Crippen molar-refractivity contribution < 1.29 is 19.6 Å². The van der Waals surface area contributed by atoms with Gasteiger partial charge in [0.1, 0.15) is 6.10 Å². The van der Waals surface area contributed by atoms with E-state index in [9.17, 15) is 0 Å². The summed E-state index contributed by atoms with van der Waals surface area (Å²) in [6, 6.07) is 0. The maximum absolute atomic E-state index is 9.10. The molecule has 1 spiro atoms. The van der Waals surface area contributed by atoms with Gasteiger partial charge in [-0.1, -0.05) is 13.0 Å². The zero-order chi connectivity index (χ0) is 12.3. The molecule has 98 valence electrons. The Labute approximate surface area is 102 Å². The summed E-state index contributed by atoms with van der Waals surface area (Å²) in [4.78, 5) is 11.0. The Bertz CT molecular complexity index is 271. The number of aliphatic hydroxyl groups is 1. The van der Waals surface area contributed by atoms with Crippen LogP contribution in [0, 0.1) is 0 Å². The highest BCUT2D eigenvalue weighted by atomic mass is 17.2. The van der Waals surface area contributed by atoms with Crippen LogP contribution in [0.2, 0.25) is 0 Å². The largest absolute Gasteiger partial charge is 0.396 e. The molecule has 0 unspecified atom stereocenters. The number of rotatable bonds is 3. The van der Waals surface area contributed by atoms with Crippen LogP contribution in [0.15, 0.2) is 12.2 Å². The maximum atomic E-state index is 9.10. The average molecular weight is 242 g/mol. The van der Waals surface area contributed by atoms with Crippen LogP contribution in [0.5, 0.6) is 0 Å². The molecule has 1 heterocycles. The summed E-state index contributed by atoms with van der Waals surface area (Å²) in [6.07, 6.45) is 5.32. The molecule has 0 aromatic heterocycles. The Morgan fingerprint density at radius 2 is 2.06 bits per heavy atom. The van der Waals surface area contributed by atoms with E-state index in [4.69, 9.17) is 19.6 Å². The van der Waals surface area contributed by atoms with Crippen molar-refractivity contribution in [2.45, 2.75) is 63.4 Å². The van der Waals surface area contributed by atoms with E-state index in [0.29, 0.717) is 6.42 Å². The highest BCUT2D eigenvalue weighted by Crippen LogP contribution is 2.39. The third-order valence-corrected chi connectivity index (χ3v) is 3.52. The van der Waals surface area contributed by atoms with Gasteiger partial charge in [-0.05, 0) is 31.8 Å². The fourth-order valence-corrected chi connectivity index (χ4v) is 2.59. The lowest BCUT2D eigenvalue weighted by Crippen LogP contribution is -2.52. The van der Waals surface area contributed by atoms with Gasteiger partial charge < -0.3 is 9.84 Å². The van der Waals surface area contributed by atoms with Crippen LogP contribution in [-0.2, 0) is 14.5 Å². The van der Waals surface area contributed by atoms with Gasteiger partial charge >= 0.3 is 0 Å². The summed E-state index contributed by atoms with van der Waals surface area (Å²) in [7, 11) is 0. The summed E-state index contributed by atoms with van der Waals surface area (Å²) in [6.45, 7) is 5.86. The summed E-state index contributed by atoms with van der Waals surface area (Å²) in [5, 5.41) is 9.10. The highest BCUT2D eigenvalue weighted by molar-refractivity contribution is 5.03. The third kappa shape index (κ3) is 2.88. The molecule has 0 bridgehead atoms. The Kier molecular flexibility index (Phi) is 4.20. The zero-order valence-corrected chi connectivity index (χ0v) is 10.5. The first-order valence-electron chi connectivity index (χ1n) is 6.45. The van der Waals surface area contributed by atoms with E-state index in [1.165, 1.54) is 6.42 Å². The van der Waals surface area contributed by atoms with Crippen LogP contribution < -0.4 is 0 Å². The summed E-state index contributed by atoms with van der Waals surface area (Å²) in [5.41, 5.74) is 0.870. The first-order chi connectivity index (χ1) is 8.17. The fraction of sp³-hybridized carbons (Fsp3) is 0.846. The Balaban J connectivity index is 2.04. The van der Waals surface area contributed by atoms with Gasteiger partial charge in [-0.3, -0.25) is 0 Å². The smallest absolute Gasteiger partial charge is 0.201 e. The summed E-state index contributed by atoms with van der Waals surface area (Å²) >= 11 is 0. The molecule has 17 heavy (non-hydrogen) atoms. The van der Waals surface area contributed by atoms with E-state index < -0.39 is 5.79 Å². The van der Waals surface area contributed by atoms with Gasteiger partial charge in [0.2, 0.25) is 5.79 Å². The zero-order valence-electron chi connectivity index (χ0n) is 10.5. The van der Waals surface area contributed by atoms with Crippen molar-refractivity contribution in [2.75, 3.05) is 6.61 Å². The van der Waals surface area contributed by atoms with Crippen LogP contribution >= 0.6 is 0 Å². The maximum Gasteiger partial charge on any atom is 0.201 e. The lowest BCUT2D eigenvalue weighted by atomic mass is 9.93. The molecule has 2 fully saturated rings. The molecular weight excluding hydrogens is 220 g/mol. The van der Waals surface area contributed by atoms with E-state index in [1.807, 2.05) is 6.92 Å². The van der Waals surface area contributed by atoms with Gasteiger partial charge in [0.15, 0.2) is 0 Å². The highest BCUT2D eigenvalue weighted by Gasteiger charge is 2.45. The number of ether oxygens (including phenoxy) is 1. The molecule has 1 saturated heterocycles. The number of aliphatic hydroxyl groups excluding tert-OH is 1. The summed E-state index contributed by atoms with van der Waals surface area (Å²) in [5.74, 6) is -0.579. The van der Waals surface area contributed by atoms with Crippen LogP contribution in [0.3, 0.4) is 0 Å². The van der Waals surface area contributed by atoms with Crippen molar-refractivity contribution in [1.82, 2.24) is 0 Å². The Morgan fingerprint density at radius 3 is 2.65 bits per heavy atom. The summed E-state index contributed by atoms with van der Waals surface area (Å²) < 4.78 is 6.06. The quantitative estimate of drug-likeness (QED) is 0.609. The minimum Gasteiger partial charge on any atom is -0.396 e. The predicted molar refractivity (Wildman–Crippen MR) is 63.2 cm³/mol.